The van der Waals surface area contributed by atoms with Gasteiger partial charge in [0.05, 0.1) is 13.2 Å². The van der Waals surface area contributed by atoms with Crippen LogP contribution >= 0.6 is 31.9 Å². The largest absolute Gasteiger partial charge is 0.378 e. The highest BCUT2D eigenvalue weighted by Gasteiger charge is 2.11. The third kappa shape index (κ3) is 3.96. The Hall–Kier alpha value is -1.11. The molecule has 1 saturated heterocycles. The number of benzene rings is 1. The van der Waals surface area contributed by atoms with E-state index in [4.69, 9.17) is 4.74 Å². The molecule has 1 aromatic heterocycles. The Kier molecular flexibility index (Phi) is 4.77. The van der Waals surface area contributed by atoms with Gasteiger partial charge in [0.15, 0.2) is 0 Å². The maximum Gasteiger partial charge on any atom is 0.109 e. The number of rotatable bonds is 3. The van der Waals surface area contributed by atoms with Gasteiger partial charge >= 0.3 is 0 Å². The number of hydrogen-bond donors (Lipinski definition) is 1. The van der Waals surface area contributed by atoms with Crippen LogP contribution in [0.1, 0.15) is 0 Å². The van der Waals surface area contributed by atoms with Gasteiger partial charge in [0.25, 0.3) is 0 Å². The Labute approximate surface area is 140 Å². The molecule has 110 valence electrons. The normalized spacial score (nSPS) is 15.0. The zero-order valence-corrected chi connectivity index (χ0v) is 14.5. The number of nitrogens with zero attached hydrogens (tertiary/aromatic N) is 2. The smallest absolute Gasteiger partial charge is 0.109 e. The van der Waals surface area contributed by atoms with E-state index in [1.165, 1.54) is 5.69 Å². The fourth-order valence-corrected chi connectivity index (χ4v) is 3.42. The molecule has 0 bridgehead atoms. The molecule has 1 N–H and O–H groups in total. The van der Waals surface area contributed by atoms with Crippen LogP contribution in [0.2, 0.25) is 0 Å². The van der Waals surface area contributed by atoms with E-state index >= 15 is 0 Å². The van der Waals surface area contributed by atoms with Gasteiger partial charge in [-0.15, -0.1) is 0 Å². The summed E-state index contributed by atoms with van der Waals surface area (Å²) in [6.07, 6.45) is 0. The van der Waals surface area contributed by atoms with Crippen molar-refractivity contribution < 1.29 is 4.74 Å². The van der Waals surface area contributed by atoms with E-state index in [2.05, 4.69) is 71.3 Å². The number of nitrogens with one attached hydrogen (secondary N) is 1. The predicted octanol–water partition coefficient (Wildman–Crippen LogP) is 4.19. The minimum absolute atomic E-state index is 0.794. The molecule has 2 aromatic rings. The summed E-state index contributed by atoms with van der Waals surface area (Å²) in [5.41, 5.74) is 3.27. The Morgan fingerprint density at radius 2 is 1.71 bits per heavy atom. The first-order valence-corrected chi connectivity index (χ1v) is 8.32. The number of anilines is 3. The SMILES string of the molecule is Brc1cc(Nc2cccc(N3CCOCC3)c2)cc(Br)n1. The van der Waals surface area contributed by atoms with Gasteiger partial charge in [-0.2, -0.15) is 0 Å². The topological polar surface area (TPSA) is 37.4 Å². The highest BCUT2D eigenvalue weighted by molar-refractivity contribution is 9.11. The van der Waals surface area contributed by atoms with Crippen LogP contribution in [0.3, 0.4) is 0 Å². The molecule has 2 heterocycles. The second kappa shape index (κ2) is 6.77. The summed E-state index contributed by atoms with van der Waals surface area (Å²) in [5.74, 6) is 0. The lowest BCUT2D eigenvalue weighted by molar-refractivity contribution is 0.122. The summed E-state index contributed by atoms with van der Waals surface area (Å²) < 4.78 is 6.99. The van der Waals surface area contributed by atoms with Crippen molar-refractivity contribution in [1.82, 2.24) is 4.98 Å². The van der Waals surface area contributed by atoms with Gasteiger partial charge in [0.1, 0.15) is 9.21 Å². The van der Waals surface area contributed by atoms with Gasteiger partial charge in [0.2, 0.25) is 0 Å². The highest BCUT2D eigenvalue weighted by Crippen LogP contribution is 2.26. The third-order valence-corrected chi connectivity index (χ3v) is 4.09. The number of aromatic nitrogens is 1. The number of pyridine rings is 1. The third-order valence-electron chi connectivity index (χ3n) is 3.27. The molecule has 0 atom stereocenters. The molecule has 1 aliphatic rings. The summed E-state index contributed by atoms with van der Waals surface area (Å²) in [5, 5.41) is 3.41. The quantitative estimate of drug-likeness (QED) is 0.767. The van der Waals surface area contributed by atoms with Crippen LogP contribution in [0.5, 0.6) is 0 Å². The standard InChI is InChI=1S/C15H15Br2N3O/c16-14-9-12(10-15(17)19-14)18-11-2-1-3-13(8-11)20-4-6-21-7-5-20/h1-3,8-10H,4-7H2,(H,18,19). The van der Waals surface area contributed by atoms with Crippen LogP contribution < -0.4 is 10.2 Å². The number of morpholine rings is 1. The molecule has 1 aliphatic heterocycles. The van der Waals surface area contributed by atoms with Crippen molar-refractivity contribution in [3.05, 3.63) is 45.6 Å². The van der Waals surface area contributed by atoms with Crippen LogP contribution in [0.25, 0.3) is 0 Å². The monoisotopic (exact) mass is 411 g/mol. The fourth-order valence-electron chi connectivity index (χ4n) is 2.31. The van der Waals surface area contributed by atoms with E-state index in [1.54, 1.807) is 0 Å². The summed E-state index contributed by atoms with van der Waals surface area (Å²) in [4.78, 5) is 6.58. The molecule has 0 amide bonds. The fraction of sp³-hybridized carbons (Fsp3) is 0.267. The molecular formula is C15H15Br2N3O. The average molecular weight is 413 g/mol. The van der Waals surface area contributed by atoms with Gasteiger partial charge in [-0.1, -0.05) is 6.07 Å². The number of hydrogen-bond acceptors (Lipinski definition) is 4. The Balaban J connectivity index is 1.79. The van der Waals surface area contributed by atoms with Crippen molar-refractivity contribution in [1.29, 1.82) is 0 Å². The molecule has 3 rings (SSSR count). The summed E-state index contributed by atoms with van der Waals surface area (Å²) in [6.45, 7) is 3.47. The Bertz CT molecular complexity index is 610. The van der Waals surface area contributed by atoms with Crippen molar-refractivity contribution in [3.8, 4) is 0 Å². The van der Waals surface area contributed by atoms with Crippen molar-refractivity contribution in [2.45, 2.75) is 0 Å². The van der Waals surface area contributed by atoms with E-state index in [-0.39, 0.29) is 0 Å². The predicted molar refractivity (Wildman–Crippen MR) is 92.4 cm³/mol. The van der Waals surface area contributed by atoms with Gasteiger partial charge in [-0.05, 0) is 62.2 Å². The Morgan fingerprint density at radius 1 is 1.00 bits per heavy atom. The summed E-state index contributed by atoms with van der Waals surface area (Å²) >= 11 is 6.80. The molecule has 4 nitrogen and oxygen atoms in total. The minimum Gasteiger partial charge on any atom is -0.378 e. The first-order valence-electron chi connectivity index (χ1n) is 6.73. The number of ether oxygens (including phenoxy) is 1. The lowest BCUT2D eigenvalue weighted by atomic mass is 10.2. The summed E-state index contributed by atoms with van der Waals surface area (Å²) in [6, 6.07) is 12.3. The molecule has 0 unspecified atom stereocenters. The van der Waals surface area contributed by atoms with Crippen molar-refractivity contribution in [2.75, 3.05) is 36.5 Å². The van der Waals surface area contributed by atoms with Gasteiger partial charge < -0.3 is 15.0 Å². The first-order chi connectivity index (χ1) is 10.2. The lowest BCUT2D eigenvalue weighted by Gasteiger charge is -2.29. The maximum absolute atomic E-state index is 5.40. The molecule has 1 aromatic carbocycles. The van der Waals surface area contributed by atoms with Crippen LogP contribution in [0.4, 0.5) is 17.1 Å². The molecule has 0 saturated carbocycles. The van der Waals surface area contributed by atoms with Crippen molar-refractivity contribution >= 4 is 48.9 Å². The van der Waals surface area contributed by atoms with Crippen LogP contribution in [0.15, 0.2) is 45.6 Å². The molecule has 6 heteroatoms. The van der Waals surface area contributed by atoms with E-state index in [1.807, 2.05) is 12.1 Å². The van der Waals surface area contributed by atoms with Gasteiger partial charge in [-0.25, -0.2) is 4.98 Å². The van der Waals surface area contributed by atoms with Gasteiger partial charge in [0, 0.05) is 30.2 Å². The van der Waals surface area contributed by atoms with E-state index in [0.29, 0.717) is 0 Å². The molecular weight excluding hydrogens is 398 g/mol. The molecule has 21 heavy (non-hydrogen) atoms. The van der Waals surface area contributed by atoms with E-state index < -0.39 is 0 Å². The van der Waals surface area contributed by atoms with Crippen LogP contribution in [-0.2, 0) is 4.74 Å². The second-order valence-corrected chi connectivity index (χ2v) is 6.40. The maximum atomic E-state index is 5.40. The van der Waals surface area contributed by atoms with E-state index in [0.717, 1.165) is 46.9 Å². The highest BCUT2D eigenvalue weighted by atomic mass is 79.9. The number of halogens is 2. The molecule has 0 spiro atoms. The van der Waals surface area contributed by atoms with E-state index in [9.17, 15) is 0 Å². The molecule has 0 aliphatic carbocycles. The second-order valence-electron chi connectivity index (χ2n) is 4.78. The van der Waals surface area contributed by atoms with Crippen LogP contribution in [0, 0.1) is 0 Å². The lowest BCUT2D eigenvalue weighted by Crippen LogP contribution is -2.36. The van der Waals surface area contributed by atoms with Crippen molar-refractivity contribution in [2.24, 2.45) is 0 Å². The Morgan fingerprint density at radius 3 is 2.43 bits per heavy atom. The zero-order chi connectivity index (χ0) is 14.7. The van der Waals surface area contributed by atoms with Crippen molar-refractivity contribution in [3.63, 3.8) is 0 Å². The average Bonchev–Trinajstić information content (AvgIpc) is 2.47. The molecule has 1 fully saturated rings. The minimum atomic E-state index is 0.794. The summed E-state index contributed by atoms with van der Waals surface area (Å²) in [7, 11) is 0. The van der Waals surface area contributed by atoms with Crippen LogP contribution in [-0.4, -0.2) is 31.3 Å². The first kappa shape index (κ1) is 14.8. The molecule has 0 radical (unpaired) electrons. The zero-order valence-electron chi connectivity index (χ0n) is 11.4. The van der Waals surface area contributed by atoms with Gasteiger partial charge in [-0.3, -0.25) is 0 Å².